The number of rotatable bonds is 4. The highest BCUT2D eigenvalue weighted by atomic mass is 19.1. The number of morpholine rings is 1. The molecule has 1 aliphatic heterocycles. The van der Waals surface area contributed by atoms with Crippen LogP contribution in [0, 0.1) is 5.82 Å². The SMILES string of the molecule is CCC(C(=O)O)N1CCOC(c2cccc(F)c2)C1. The third kappa shape index (κ3) is 3.30. The number of benzene rings is 1. The number of carboxylic acid groups (broad SMARTS) is 1. The molecule has 0 aliphatic carbocycles. The molecule has 0 amide bonds. The van der Waals surface area contributed by atoms with Crippen LogP contribution in [-0.2, 0) is 9.53 Å². The highest BCUT2D eigenvalue weighted by molar-refractivity contribution is 5.73. The van der Waals surface area contributed by atoms with Crippen LogP contribution < -0.4 is 0 Å². The molecule has 0 spiro atoms. The van der Waals surface area contributed by atoms with Gasteiger partial charge in [-0.1, -0.05) is 19.1 Å². The van der Waals surface area contributed by atoms with E-state index >= 15 is 0 Å². The van der Waals surface area contributed by atoms with Crippen molar-refractivity contribution in [3.63, 3.8) is 0 Å². The first-order valence-corrected chi connectivity index (χ1v) is 6.45. The summed E-state index contributed by atoms with van der Waals surface area (Å²) < 4.78 is 18.8. The molecule has 5 heteroatoms. The van der Waals surface area contributed by atoms with Crippen LogP contribution in [0.2, 0.25) is 0 Å². The Morgan fingerprint density at radius 1 is 1.63 bits per heavy atom. The first-order chi connectivity index (χ1) is 9.11. The quantitative estimate of drug-likeness (QED) is 0.907. The topological polar surface area (TPSA) is 49.8 Å². The van der Waals surface area contributed by atoms with E-state index in [9.17, 15) is 14.3 Å². The standard InChI is InChI=1S/C14H18FNO3/c1-2-12(14(17)18)16-6-7-19-13(9-16)10-4-3-5-11(15)8-10/h3-5,8,12-13H,2,6-7,9H2,1H3,(H,17,18). The van der Waals surface area contributed by atoms with Crippen LogP contribution in [0.5, 0.6) is 0 Å². The van der Waals surface area contributed by atoms with Gasteiger partial charge in [0, 0.05) is 13.1 Å². The summed E-state index contributed by atoms with van der Waals surface area (Å²) in [5, 5.41) is 9.18. The van der Waals surface area contributed by atoms with Gasteiger partial charge >= 0.3 is 5.97 Å². The predicted molar refractivity (Wildman–Crippen MR) is 68.4 cm³/mol. The van der Waals surface area contributed by atoms with Crippen LogP contribution in [0.3, 0.4) is 0 Å². The minimum Gasteiger partial charge on any atom is -0.480 e. The maximum atomic E-state index is 13.2. The molecule has 1 aromatic rings. The van der Waals surface area contributed by atoms with Gasteiger partial charge in [0.2, 0.25) is 0 Å². The predicted octanol–water partition coefficient (Wildman–Crippen LogP) is 2.06. The zero-order chi connectivity index (χ0) is 13.8. The van der Waals surface area contributed by atoms with Crippen LogP contribution >= 0.6 is 0 Å². The summed E-state index contributed by atoms with van der Waals surface area (Å²) in [5.41, 5.74) is 0.755. The fraction of sp³-hybridized carbons (Fsp3) is 0.500. The summed E-state index contributed by atoms with van der Waals surface area (Å²) in [6, 6.07) is 5.77. The molecule has 1 N–H and O–H groups in total. The molecule has 0 bridgehead atoms. The molecule has 1 aliphatic rings. The first kappa shape index (κ1) is 14.0. The third-order valence-corrected chi connectivity index (χ3v) is 3.43. The second-order valence-corrected chi connectivity index (χ2v) is 4.67. The van der Waals surface area contributed by atoms with E-state index in [-0.39, 0.29) is 11.9 Å². The molecule has 1 fully saturated rings. The van der Waals surface area contributed by atoms with E-state index in [1.165, 1.54) is 12.1 Å². The number of hydrogen-bond acceptors (Lipinski definition) is 3. The molecule has 4 nitrogen and oxygen atoms in total. The van der Waals surface area contributed by atoms with Gasteiger partial charge in [-0.05, 0) is 24.1 Å². The summed E-state index contributed by atoms with van der Waals surface area (Å²) in [4.78, 5) is 13.1. The average molecular weight is 267 g/mol. The van der Waals surface area contributed by atoms with Gasteiger partial charge in [-0.2, -0.15) is 0 Å². The van der Waals surface area contributed by atoms with Gasteiger partial charge in [0.1, 0.15) is 11.9 Å². The molecule has 2 unspecified atom stereocenters. The summed E-state index contributed by atoms with van der Waals surface area (Å²) in [5.74, 6) is -1.12. The molecule has 1 saturated heterocycles. The Bertz CT molecular complexity index is 452. The normalized spacial score (nSPS) is 22.1. The van der Waals surface area contributed by atoms with Crippen molar-refractivity contribution in [3.05, 3.63) is 35.6 Å². The molecule has 0 radical (unpaired) electrons. The molecule has 0 saturated carbocycles. The minimum absolute atomic E-state index is 0.266. The van der Waals surface area contributed by atoms with E-state index in [1.54, 1.807) is 12.1 Å². The molecule has 1 heterocycles. The lowest BCUT2D eigenvalue weighted by molar-refractivity contribution is -0.147. The summed E-state index contributed by atoms with van der Waals surface area (Å²) in [6.45, 7) is 3.39. The number of carboxylic acids is 1. The maximum Gasteiger partial charge on any atom is 0.320 e. The van der Waals surface area contributed by atoms with Crippen LogP contribution in [-0.4, -0.2) is 41.7 Å². The Labute approximate surface area is 111 Å². The molecule has 19 heavy (non-hydrogen) atoms. The van der Waals surface area contributed by atoms with Crippen LogP contribution in [0.1, 0.15) is 25.0 Å². The lowest BCUT2D eigenvalue weighted by Gasteiger charge is -2.36. The van der Waals surface area contributed by atoms with Gasteiger partial charge in [-0.3, -0.25) is 9.69 Å². The van der Waals surface area contributed by atoms with Crippen molar-refractivity contribution in [2.24, 2.45) is 0 Å². The molecule has 2 rings (SSSR count). The van der Waals surface area contributed by atoms with Gasteiger partial charge in [0.15, 0.2) is 0 Å². The number of nitrogens with zero attached hydrogens (tertiary/aromatic N) is 1. The van der Waals surface area contributed by atoms with E-state index in [1.807, 2.05) is 11.8 Å². The summed E-state index contributed by atoms with van der Waals surface area (Å²) >= 11 is 0. The summed E-state index contributed by atoms with van der Waals surface area (Å²) in [7, 11) is 0. The van der Waals surface area contributed by atoms with E-state index in [4.69, 9.17) is 4.74 Å². The zero-order valence-corrected chi connectivity index (χ0v) is 10.9. The number of carbonyl (C=O) groups is 1. The van der Waals surface area contributed by atoms with Crippen molar-refractivity contribution in [1.82, 2.24) is 4.90 Å². The highest BCUT2D eigenvalue weighted by Gasteiger charge is 2.30. The first-order valence-electron chi connectivity index (χ1n) is 6.45. The minimum atomic E-state index is -0.817. The number of ether oxygens (including phenoxy) is 1. The lowest BCUT2D eigenvalue weighted by Crippen LogP contribution is -2.48. The Hall–Kier alpha value is -1.46. The maximum absolute atomic E-state index is 13.2. The summed E-state index contributed by atoms with van der Waals surface area (Å²) in [6.07, 6.45) is 0.281. The van der Waals surface area contributed by atoms with Gasteiger partial charge in [-0.25, -0.2) is 4.39 Å². The second kappa shape index (κ2) is 6.12. The molecular formula is C14H18FNO3. The molecule has 1 aromatic carbocycles. The fourth-order valence-corrected chi connectivity index (χ4v) is 2.45. The van der Waals surface area contributed by atoms with Gasteiger partial charge < -0.3 is 9.84 Å². The Balaban J connectivity index is 2.10. The molecule has 104 valence electrons. The Morgan fingerprint density at radius 3 is 3.05 bits per heavy atom. The number of halogens is 1. The van der Waals surface area contributed by atoms with E-state index in [0.717, 1.165) is 5.56 Å². The van der Waals surface area contributed by atoms with Crippen molar-refractivity contribution in [3.8, 4) is 0 Å². The monoisotopic (exact) mass is 267 g/mol. The smallest absolute Gasteiger partial charge is 0.320 e. The van der Waals surface area contributed by atoms with E-state index in [2.05, 4.69) is 0 Å². The van der Waals surface area contributed by atoms with Crippen molar-refractivity contribution < 1.29 is 19.0 Å². The average Bonchev–Trinajstić information content (AvgIpc) is 2.39. The molecular weight excluding hydrogens is 249 g/mol. The van der Waals surface area contributed by atoms with Crippen molar-refractivity contribution in [2.45, 2.75) is 25.5 Å². The zero-order valence-electron chi connectivity index (χ0n) is 10.9. The number of hydrogen-bond donors (Lipinski definition) is 1. The molecule has 0 aromatic heterocycles. The third-order valence-electron chi connectivity index (χ3n) is 3.43. The number of aliphatic carboxylic acids is 1. The Morgan fingerprint density at radius 2 is 2.42 bits per heavy atom. The van der Waals surface area contributed by atoms with E-state index < -0.39 is 12.0 Å². The fourth-order valence-electron chi connectivity index (χ4n) is 2.45. The largest absolute Gasteiger partial charge is 0.480 e. The highest BCUT2D eigenvalue weighted by Crippen LogP contribution is 2.24. The molecule has 2 atom stereocenters. The van der Waals surface area contributed by atoms with Crippen LogP contribution in [0.4, 0.5) is 4.39 Å². The Kier molecular flexibility index (Phi) is 4.50. The van der Waals surface area contributed by atoms with Crippen molar-refractivity contribution in [1.29, 1.82) is 0 Å². The van der Waals surface area contributed by atoms with Gasteiger partial charge in [-0.15, -0.1) is 0 Å². The van der Waals surface area contributed by atoms with Crippen molar-refractivity contribution >= 4 is 5.97 Å². The van der Waals surface area contributed by atoms with E-state index in [0.29, 0.717) is 26.1 Å². The van der Waals surface area contributed by atoms with Crippen LogP contribution in [0.15, 0.2) is 24.3 Å². The second-order valence-electron chi connectivity index (χ2n) is 4.67. The van der Waals surface area contributed by atoms with Crippen molar-refractivity contribution in [2.75, 3.05) is 19.7 Å². The van der Waals surface area contributed by atoms with Crippen LogP contribution in [0.25, 0.3) is 0 Å². The van der Waals surface area contributed by atoms with Gasteiger partial charge in [0.25, 0.3) is 0 Å². The lowest BCUT2D eigenvalue weighted by atomic mass is 10.1. The van der Waals surface area contributed by atoms with Gasteiger partial charge in [0.05, 0.1) is 12.7 Å².